The van der Waals surface area contributed by atoms with Crippen LogP contribution in [0, 0.1) is 5.92 Å². The highest BCUT2D eigenvalue weighted by atomic mass is 16.1. The minimum absolute atomic E-state index is 0.0524. The van der Waals surface area contributed by atoms with Crippen molar-refractivity contribution in [3.8, 4) is 0 Å². The van der Waals surface area contributed by atoms with Gasteiger partial charge in [-0.1, -0.05) is 42.5 Å². The number of nitrogens with zero attached hydrogens (tertiary/aromatic N) is 4. The molecule has 2 unspecified atom stereocenters. The smallest absolute Gasteiger partial charge is 0.261 e. The zero-order valence-corrected chi connectivity index (χ0v) is 14.5. The van der Waals surface area contributed by atoms with Crippen molar-refractivity contribution in [2.75, 3.05) is 0 Å². The second-order valence-electron chi connectivity index (χ2n) is 6.76. The van der Waals surface area contributed by atoms with E-state index in [1.165, 1.54) is 5.57 Å². The van der Waals surface area contributed by atoms with Crippen LogP contribution in [0.3, 0.4) is 0 Å². The SMILES string of the molecule is O=c1c2ccncc2ncn1Cc1ccc(C2=CC3C=NNC3C=C2)cc1. The molecule has 1 N–H and O–H groups in total. The highest BCUT2D eigenvalue weighted by Gasteiger charge is 2.22. The standard InChI is InChI=1S/C21H17N5O/c27-21-18-7-8-22-11-20(18)23-13-26(21)12-14-1-3-15(4-2-14)16-5-6-19-17(9-16)10-24-25-19/h1-11,13,17,19,25H,12H2. The van der Waals surface area contributed by atoms with Crippen LogP contribution in [0.2, 0.25) is 0 Å². The zero-order valence-electron chi connectivity index (χ0n) is 14.5. The number of hydrazone groups is 1. The van der Waals surface area contributed by atoms with Crippen molar-refractivity contribution < 1.29 is 0 Å². The van der Waals surface area contributed by atoms with E-state index in [9.17, 15) is 4.79 Å². The average molecular weight is 355 g/mol. The number of fused-ring (bicyclic) bond motifs is 2. The van der Waals surface area contributed by atoms with Gasteiger partial charge in [-0.05, 0) is 22.8 Å². The van der Waals surface area contributed by atoms with Crippen LogP contribution in [-0.4, -0.2) is 26.8 Å². The number of aromatic nitrogens is 3. The monoisotopic (exact) mass is 355 g/mol. The average Bonchev–Trinajstić information content (AvgIpc) is 3.19. The molecule has 0 radical (unpaired) electrons. The number of rotatable bonds is 3. The minimum atomic E-state index is -0.0524. The number of allylic oxidation sites excluding steroid dienone is 2. The van der Waals surface area contributed by atoms with Gasteiger partial charge in [0.25, 0.3) is 5.56 Å². The van der Waals surface area contributed by atoms with Crippen LogP contribution in [0.25, 0.3) is 16.5 Å². The summed E-state index contributed by atoms with van der Waals surface area (Å²) >= 11 is 0. The first kappa shape index (κ1) is 15.7. The fourth-order valence-electron chi connectivity index (χ4n) is 3.50. The second-order valence-corrected chi connectivity index (χ2v) is 6.76. The Balaban J connectivity index is 1.40. The lowest BCUT2D eigenvalue weighted by molar-refractivity contribution is 0.624. The molecule has 5 rings (SSSR count). The third kappa shape index (κ3) is 2.85. The highest BCUT2D eigenvalue weighted by molar-refractivity contribution is 5.81. The molecule has 2 aromatic heterocycles. The Morgan fingerprint density at radius 3 is 2.93 bits per heavy atom. The summed E-state index contributed by atoms with van der Waals surface area (Å²) in [6.07, 6.45) is 13.3. The van der Waals surface area contributed by atoms with Crippen LogP contribution in [0.1, 0.15) is 11.1 Å². The second kappa shape index (κ2) is 6.32. The molecule has 0 bridgehead atoms. The Labute approximate surface area is 155 Å². The number of hydrogen-bond donors (Lipinski definition) is 1. The van der Waals surface area contributed by atoms with Gasteiger partial charge in [-0.2, -0.15) is 5.10 Å². The van der Waals surface area contributed by atoms with Crippen molar-refractivity contribution in [3.05, 3.63) is 88.8 Å². The van der Waals surface area contributed by atoms with Gasteiger partial charge in [0.05, 0.1) is 36.0 Å². The van der Waals surface area contributed by atoms with Gasteiger partial charge in [-0.3, -0.25) is 14.3 Å². The summed E-state index contributed by atoms with van der Waals surface area (Å²) in [5, 5.41) is 4.72. The molecule has 132 valence electrons. The molecule has 0 saturated carbocycles. The van der Waals surface area contributed by atoms with Gasteiger partial charge in [-0.15, -0.1) is 0 Å². The first-order valence-corrected chi connectivity index (χ1v) is 8.85. The molecule has 0 fully saturated rings. The predicted molar refractivity (Wildman–Crippen MR) is 105 cm³/mol. The van der Waals surface area contributed by atoms with Gasteiger partial charge in [0.15, 0.2) is 0 Å². The van der Waals surface area contributed by atoms with E-state index in [1.807, 2.05) is 6.21 Å². The van der Waals surface area contributed by atoms with Crippen molar-refractivity contribution in [1.82, 2.24) is 20.0 Å². The largest absolute Gasteiger partial charge is 0.302 e. The maximum absolute atomic E-state index is 12.6. The van der Waals surface area contributed by atoms with Gasteiger partial charge in [0.2, 0.25) is 0 Å². The Hall–Kier alpha value is -3.54. The van der Waals surface area contributed by atoms with Crippen LogP contribution >= 0.6 is 0 Å². The van der Waals surface area contributed by atoms with E-state index in [4.69, 9.17) is 0 Å². The Kier molecular flexibility index (Phi) is 3.67. The van der Waals surface area contributed by atoms with E-state index in [0.29, 0.717) is 23.4 Å². The van der Waals surface area contributed by atoms with E-state index < -0.39 is 0 Å². The third-order valence-corrected chi connectivity index (χ3v) is 5.01. The fraction of sp³-hybridized carbons (Fsp3) is 0.143. The van der Waals surface area contributed by atoms with E-state index in [-0.39, 0.29) is 11.6 Å². The molecule has 27 heavy (non-hydrogen) atoms. The first-order valence-electron chi connectivity index (χ1n) is 8.85. The highest BCUT2D eigenvalue weighted by Crippen LogP contribution is 2.26. The summed E-state index contributed by atoms with van der Waals surface area (Å²) in [6.45, 7) is 0.487. The van der Waals surface area contributed by atoms with Crippen molar-refractivity contribution in [2.45, 2.75) is 12.6 Å². The Morgan fingerprint density at radius 2 is 2.04 bits per heavy atom. The molecule has 6 heteroatoms. The third-order valence-electron chi connectivity index (χ3n) is 5.01. The molecule has 1 aliphatic heterocycles. The number of hydrogen-bond acceptors (Lipinski definition) is 5. The predicted octanol–water partition coefficient (Wildman–Crippen LogP) is 2.37. The van der Waals surface area contributed by atoms with Gasteiger partial charge in [0.1, 0.15) is 0 Å². The lowest BCUT2D eigenvalue weighted by Crippen LogP contribution is -2.25. The summed E-state index contributed by atoms with van der Waals surface area (Å²) in [6, 6.07) is 10.3. The topological polar surface area (TPSA) is 72.2 Å². The van der Waals surface area contributed by atoms with Crippen molar-refractivity contribution in [3.63, 3.8) is 0 Å². The van der Waals surface area contributed by atoms with Gasteiger partial charge in [0, 0.05) is 18.3 Å². The number of nitrogens with one attached hydrogen (secondary N) is 1. The Bertz CT molecular complexity index is 1160. The zero-order chi connectivity index (χ0) is 18.2. The molecular formula is C21H17N5O. The number of pyridine rings is 1. The summed E-state index contributed by atoms with van der Waals surface area (Å²) in [7, 11) is 0. The van der Waals surface area contributed by atoms with E-state index >= 15 is 0 Å². The fourth-order valence-corrected chi connectivity index (χ4v) is 3.50. The van der Waals surface area contributed by atoms with Crippen molar-refractivity contribution in [2.24, 2.45) is 11.0 Å². The molecule has 0 spiro atoms. The summed E-state index contributed by atoms with van der Waals surface area (Å²) < 4.78 is 1.63. The molecule has 1 aliphatic carbocycles. The van der Waals surface area contributed by atoms with E-state index in [2.05, 4.69) is 63.0 Å². The Morgan fingerprint density at radius 1 is 1.15 bits per heavy atom. The van der Waals surface area contributed by atoms with Crippen LogP contribution < -0.4 is 11.0 Å². The van der Waals surface area contributed by atoms with Crippen molar-refractivity contribution in [1.29, 1.82) is 0 Å². The van der Waals surface area contributed by atoms with Gasteiger partial charge in [-0.25, -0.2) is 4.98 Å². The molecule has 3 heterocycles. The maximum atomic E-state index is 12.6. The molecule has 0 amide bonds. The molecule has 1 aromatic carbocycles. The number of benzene rings is 1. The van der Waals surface area contributed by atoms with Gasteiger partial charge < -0.3 is 5.43 Å². The molecule has 2 aliphatic rings. The molecular weight excluding hydrogens is 338 g/mol. The summed E-state index contributed by atoms with van der Waals surface area (Å²) in [4.78, 5) is 20.9. The molecule has 3 aromatic rings. The lowest BCUT2D eigenvalue weighted by Gasteiger charge is -2.17. The van der Waals surface area contributed by atoms with Crippen molar-refractivity contribution >= 4 is 22.7 Å². The van der Waals surface area contributed by atoms with E-state index in [1.54, 1.807) is 29.4 Å². The summed E-state index contributed by atoms with van der Waals surface area (Å²) in [5.74, 6) is 0.307. The van der Waals surface area contributed by atoms with Crippen LogP contribution in [0.15, 0.2) is 77.2 Å². The normalized spacial score (nSPS) is 20.4. The summed E-state index contributed by atoms with van der Waals surface area (Å²) in [5.41, 5.74) is 7.05. The van der Waals surface area contributed by atoms with Crippen LogP contribution in [-0.2, 0) is 6.54 Å². The molecule has 2 atom stereocenters. The van der Waals surface area contributed by atoms with E-state index in [0.717, 1.165) is 11.1 Å². The lowest BCUT2D eigenvalue weighted by atomic mass is 9.90. The minimum Gasteiger partial charge on any atom is -0.302 e. The molecule has 0 saturated heterocycles. The van der Waals surface area contributed by atoms with Crippen LogP contribution in [0.5, 0.6) is 0 Å². The molecule has 6 nitrogen and oxygen atoms in total. The first-order chi connectivity index (χ1) is 13.3. The quantitative estimate of drug-likeness (QED) is 0.783. The van der Waals surface area contributed by atoms with Crippen LogP contribution in [0.4, 0.5) is 0 Å². The van der Waals surface area contributed by atoms with Gasteiger partial charge >= 0.3 is 0 Å². The maximum Gasteiger partial charge on any atom is 0.261 e.